The van der Waals surface area contributed by atoms with Crippen LogP contribution in [0.5, 0.6) is 0 Å². The maximum absolute atomic E-state index is 12.2. The number of hydrogen-bond acceptors (Lipinski definition) is 4. The van der Waals surface area contributed by atoms with E-state index in [4.69, 9.17) is 4.42 Å². The van der Waals surface area contributed by atoms with E-state index in [-0.39, 0.29) is 11.9 Å². The molecule has 2 heterocycles. The maximum atomic E-state index is 12.2. The van der Waals surface area contributed by atoms with E-state index < -0.39 is 0 Å². The minimum Gasteiger partial charge on any atom is -0.441 e. The van der Waals surface area contributed by atoms with Crippen molar-refractivity contribution in [3.05, 3.63) is 24.1 Å². The largest absolute Gasteiger partial charge is 0.441 e. The monoisotopic (exact) mass is 273 g/mol. The van der Waals surface area contributed by atoms with Gasteiger partial charge < -0.3 is 14.6 Å². The Balaban J connectivity index is 1.72. The number of nitrogens with zero attached hydrogens (tertiary/aromatic N) is 2. The number of fused-ring (bicyclic) bond motifs is 1. The Labute approximate surface area is 118 Å². The van der Waals surface area contributed by atoms with Crippen LogP contribution in [-0.2, 0) is 4.79 Å². The average Bonchev–Trinajstić information content (AvgIpc) is 3.05. The number of aromatic nitrogens is 1. The number of amides is 1. The maximum Gasteiger partial charge on any atom is 0.244 e. The van der Waals surface area contributed by atoms with Crippen molar-refractivity contribution in [2.45, 2.75) is 32.7 Å². The van der Waals surface area contributed by atoms with Gasteiger partial charge in [0.1, 0.15) is 11.6 Å². The lowest BCUT2D eigenvalue weighted by molar-refractivity contribution is -0.130. The molecule has 0 spiro atoms. The van der Waals surface area contributed by atoms with E-state index in [9.17, 15) is 4.79 Å². The molecule has 1 aromatic heterocycles. The summed E-state index contributed by atoms with van der Waals surface area (Å²) in [6, 6.07) is 5.49. The van der Waals surface area contributed by atoms with Crippen LogP contribution in [0.15, 0.2) is 22.6 Å². The Morgan fingerprint density at radius 3 is 2.90 bits per heavy atom. The number of nitrogens with one attached hydrogen (secondary N) is 1. The highest BCUT2D eigenvalue weighted by molar-refractivity contribution is 5.85. The van der Waals surface area contributed by atoms with Gasteiger partial charge in [-0.15, -0.1) is 0 Å². The molecule has 1 aromatic carbocycles. The fraction of sp³-hybridized carbons (Fsp3) is 0.467. The third-order valence-electron chi connectivity index (χ3n) is 3.67. The van der Waals surface area contributed by atoms with E-state index in [1.807, 2.05) is 36.9 Å². The first-order valence-corrected chi connectivity index (χ1v) is 7.06. The summed E-state index contributed by atoms with van der Waals surface area (Å²) in [6.07, 6.45) is 2.23. The predicted octanol–water partition coefficient (Wildman–Crippen LogP) is 2.56. The molecule has 1 fully saturated rings. The fourth-order valence-electron chi connectivity index (χ4n) is 2.66. The van der Waals surface area contributed by atoms with Crippen molar-refractivity contribution in [3.63, 3.8) is 0 Å². The van der Waals surface area contributed by atoms with Gasteiger partial charge in [-0.3, -0.25) is 4.79 Å². The van der Waals surface area contributed by atoms with E-state index in [0.717, 1.165) is 42.7 Å². The van der Waals surface area contributed by atoms with Crippen LogP contribution in [0.2, 0.25) is 0 Å². The van der Waals surface area contributed by atoms with Gasteiger partial charge in [-0.25, -0.2) is 4.98 Å². The lowest BCUT2D eigenvalue weighted by atomic mass is 10.2. The van der Waals surface area contributed by atoms with Gasteiger partial charge in [0.2, 0.25) is 5.91 Å². The van der Waals surface area contributed by atoms with E-state index in [2.05, 4.69) is 10.3 Å². The van der Waals surface area contributed by atoms with Gasteiger partial charge >= 0.3 is 0 Å². The number of carbonyl (C=O) groups is 1. The molecule has 1 amide bonds. The number of carbonyl (C=O) groups excluding carboxylic acids is 1. The first kappa shape index (κ1) is 13.0. The summed E-state index contributed by atoms with van der Waals surface area (Å²) < 4.78 is 5.44. The fourth-order valence-corrected chi connectivity index (χ4v) is 2.66. The third kappa shape index (κ3) is 2.48. The normalized spacial score (nSPS) is 16.6. The zero-order valence-corrected chi connectivity index (χ0v) is 11.8. The van der Waals surface area contributed by atoms with Crippen molar-refractivity contribution in [1.29, 1.82) is 0 Å². The minimum absolute atomic E-state index is 0.166. The van der Waals surface area contributed by atoms with Crippen molar-refractivity contribution >= 4 is 22.7 Å². The minimum atomic E-state index is -0.224. The summed E-state index contributed by atoms with van der Waals surface area (Å²) in [6.45, 7) is 5.49. The van der Waals surface area contributed by atoms with Gasteiger partial charge in [0.15, 0.2) is 11.5 Å². The van der Waals surface area contributed by atoms with Gasteiger partial charge in [0.25, 0.3) is 0 Å². The molecule has 1 aliphatic heterocycles. The smallest absolute Gasteiger partial charge is 0.244 e. The first-order valence-electron chi connectivity index (χ1n) is 7.06. The van der Waals surface area contributed by atoms with Gasteiger partial charge in [-0.2, -0.15) is 0 Å². The molecule has 5 nitrogen and oxygen atoms in total. The lowest BCUT2D eigenvalue weighted by Crippen LogP contribution is -2.39. The quantitative estimate of drug-likeness (QED) is 0.933. The summed E-state index contributed by atoms with van der Waals surface area (Å²) in [4.78, 5) is 18.5. The lowest BCUT2D eigenvalue weighted by Gasteiger charge is -2.21. The second-order valence-corrected chi connectivity index (χ2v) is 5.31. The number of benzene rings is 1. The summed E-state index contributed by atoms with van der Waals surface area (Å²) in [5, 5.41) is 3.25. The van der Waals surface area contributed by atoms with E-state index in [0.29, 0.717) is 5.89 Å². The molecule has 106 valence electrons. The van der Waals surface area contributed by atoms with Crippen LogP contribution in [0.4, 0.5) is 5.69 Å². The third-order valence-corrected chi connectivity index (χ3v) is 3.67. The molecule has 20 heavy (non-hydrogen) atoms. The number of likely N-dealkylation sites (tertiary alicyclic amines) is 1. The van der Waals surface area contributed by atoms with Gasteiger partial charge in [-0.05, 0) is 38.0 Å². The Bertz CT molecular complexity index is 629. The van der Waals surface area contributed by atoms with Crippen LogP contribution in [-0.4, -0.2) is 34.9 Å². The second kappa shape index (κ2) is 5.15. The van der Waals surface area contributed by atoms with Crippen LogP contribution in [0.1, 0.15) is 25.7 Å². The SMILES string of the molecule is Cc1nc2cc(NC(C)C(=O)N3CCCC3)ccc2o1. The molecule has 5 heteroatoms. The predicted molar refractivity (Wildman–Crippen MR) is 77.6 cm³/mol. The van der Waals surface area contributed by atoms with Crippen LogP contribution >= 0.6 is 0 Å². The Morgan fingerprint density at radius 2 is 2.15 bits per heavy atom. The van der Waals surface area contributed by atoms with Crippen LogP contribution in [0, 0.1) is 6.92 Å². The molecule has 0 saturated carbocycles. The van der Waals surface area contributed by atoms with Crippen molar-refractivity contribution in [1.82, 2.24) is 9.88 Å². The molecular weight excluding hydrogens is 254 g/mol. The Morgan fingerprint density at radius 1 is 1.40 bits per heavy atom. The second-order valence-electron chi connectivity index (χ2n) is 5.31. The van der Waals surface area contributed by atoms with Crippen molar-refractivity contribution in [2.24, 2.45) is 0 Å². The number of rotatable bonds is 3. The molecule has 2 aromatic rings. The van der Waals surface area contributed by atoms with Crippen LogP contribution < -0.4 is 5.32 Å². The van der Waals surface area contributed by atoms with Crippen LogP contribution in [0.3, 0.4) is 0 Å². The number of anilines is 1. The molecular formula is C15H19N3O2. The standard InChI is InChI=1S/C15H19N3O2/c1-10(15(19)18-7-3-4-8-18)16-12-5-6-14-13(9-12)17-11(2)20-14/h5-6,9-10,16H,3-4,7-8H2,1-2H3. The highest BCUT2D eigenvalue weighted by atomic mass is 16.3. The molecule has 1 unspecified atom stereocenters. The van der Waals surface area contributed by atoms with E-state index in [1.165, 1.54) is 0 Å². The van der Waals surface area contributed by atoms with E-state index in [1.54, 1.807) is 0 Å². The molecule has 0 bridgehead atoms. The molecule has 0 aliphatic carbocycles. The molecule has 0 radical (unpaired) electrons. The molecule has 1 saturated heterocycles. The summed E-state index contributed by atoms with van der Waals surface area (Å²) in [7, 11) is 0. The number of hydrogen-bond donors (Lipinski definition) is 1. The molecule has 3 rings (SSSR count). The zero-order chi connectivity index (χ0) is 14.1. The first-order chi connectivity index (χ1) is 9.63. The Kier molecular flexibility index (Phi) is 3.34. The van der Waals surface area contributed by atoms with Crippen molar-refractivity contribution < 1.29 is 9.21 Å². The van der Waals surface area contributed by atoms with E-state index >= 15 is 0 Å². The number of oxazole rings is 1. The van der Waals surface area contributed by atoms with Gasteiger partial charge in [0.05, 0.1) is 0 Å². The number of aryl methyl sites for hydroxylation is 1. The Hall–Kier alpha value is -2.04. The van der Waals surface area contributed by atoms with Crippen LogP contribution in [0.25, 0.3) is 11.1 Å². The highest BCUT2D eigenvalue weighted by Gasteiger charge is 2.23. The average molecular weight is 273 g/mol. The summed E-state index contributed by atoms with van der Waals surface area (Å²) in [5.41, 5.74) is 2.48. The topological polar surface area (TPSA) is 58.4 Å². The zero-order valence-electron chi connectivity index (χ0n) is 11.8. The highest BCUT2D eigenvalue weighted by Crippen LogP contribution is 2.20. The van der Waals surface area contributed by atoms with Crippen molar-refractivity contribution in [2.75, 3.05) is 18.4 Å². The van der Waals surface area contributed by atoms with Gasteiger partial charge in [0, 0.05) is 25.7 Å². The van der Waals surface area contributed by atoms with Gasteiger partial charge in [-0.1, -0.05) is 0 Å². The van der Waals surface area contributed by atoms with Crippen molar-refractivity contribution in [3.8, 4) is 0 Å². The molecule has 1 atom stereocenters. The molecule has 1 aliphatic rings. The molecule has 1 N–H and O–H groups in total. The summed E-state index contributed by atoms with van der Waals surface area (Å²) >= 11 is 0. The summed E-state index contributed by atoms with van der Waals surface area (Å²) in [5.74, 6) is 0.817.